The highest BCUT2D eigenvalue weighted by Crippen LogP contribution is 2.50. The molecular weight excluding hydrogens is 408 g/mol. The van der Waals surface area contributed by atoms with Gasteiger partial charge in [0.25, 0.3) is 5.91 Å². The molecule has 0 saturated heterocycles. The minimum absolute atomic E-state index is 0.0805. The Bertz CT molecular complexity index is 1170. The van der Waals surface area contributed by atoms with Gasteiger partial charge in [-0.2, -0.15) is 0 Å². The summed E-state index contributed by atoms with van der Waals surface area (Å²) < 4.78 is 5.97. The highest BCUT2D eigenvalue weighted by atomic mass is 16.5. The second-order valence-electron chi connectivity index (χ2n) is 8.59. The van der Waals surface area contributed by atoms with Crippen molar-refractivity contribution in [2.24, 2.45) is 5.92 Å². The van der Waals surface area contributed by atoms with Gasteiger partial charge in [-0.1, -0.05) is 72.8 Å². The Kier molecular flexibility index (Phi) is 5.99. The minimum Gasteiger partial charge on any atom is -0.489 e. The summed E-state index contributed by atoms with van der Waals surface area (Å²) >= 11 is 0. The lowest BCUT2D eigenvalue weighted by atomic mass is 9.76. The maximum Gasteiger partial charge on any atom is 0.253 e. The lowest BCUT2D eigenvalue weighted by Crippen LogP contribution is -2.32. The molecule has 0 bridgehead atoms. The molecule has 1 heterocycles. The van der Waals surface area contributed by atoms with Crippen LogP contribution in [0, 0.1) is 5.92 Å². The Hall–Kier alpha value is -3.79. The number of nitrogens with one attached hydrogen (secondary N) is 2. The Morgan fingerprint density at radius 3 is 2.67 bits per heavy atom. The molecule has 2 aliphatic rings. The van der Waals surface area contributed by atoms with Crippen LogP contribution in [0.3, 0.4) is 0 Å². The van der Waals surface area contributed by atoms with Crippen LogP contribution >= 0.6 is 0 Å². The van der Waals surface area contributed by atoms with Gasteiger partial charge in [-0.05, 0) is 47.2 Å². The molecule has 3 atom stereocenters. The summed E-state index contributed by atoms with van der Waals surface area (Å²) in [6, 6.07) is 24.6. The second-order valence-corrected chi connectivity index (χ2v) is 8.59. The molecule has 3 unspecified atom stereocenters. The van der Waals surface area contributed by atoms with Crippen LogP contribution in [0.1, 0.15) is 45.4 Å². The van der Waals surface area contributed by atoms with Gasteiger partial charge in [0.1, 0.15) is 12.4 Å². The van der Waals surface area contributed by atoms with E-state index in [-0.39, 0.29) is 11.9 Å². The third-order valence-corrected chi connectivity index (χ3v) is 6.54. The fraction of sp³-hybridized carbons (Fsp3) is 0.207. The molecule has 0 saturated carbocycles. The smallest absolute Gasteiger partial charge is 0.253 e. The van der Waals surface area contributed by atoms with Crippen LogP contribution in [0.5, 0.6) is 5.75 Å². The van der Waals surface area contributed by atoms with Gasteiger partial charge in [0.15, 0.2) is 0 Å². The molecule has 166 valence electrons. The number of para-hydroxylation sites is 1. The molecule has 3 aromatic rings. The van der Waals surface area contributed by atoms with Crippen molar-refractivity contribution in [3.63, 3.8) is 0 Å². The topological polar surface area (TPSA) is 50.4 Å². The number of carbonyl (C=O) groups is 1. The lowest BCUT2D eigenvalue weighted by molar-refractivity contribution is 0.0958. The van der Waals surface area contributed by atoms with Crippen molar-refractivity contribution in [2.75, 3.05) is 11.9 Å². The molecule has 0 fully saturated rings. The van der Waals surface area contributed by atoms with Crippen molar-refractivity contribution in [2.45, 2.75) is 25.0 Å². The van der Waals surface area contributed by atoms with Crippen molar-refractivity contribution in [1.82, 2.24) is 5.32 Å². The predicted molar refractivity (Wildman–Crippen MR) is 133 cm³/mol. The summed E-state index contributed by atoms with van der Waals surface area (Å²) in [5, 5.41) is 6.64. The molecule has 2 N–H and O–H groups in total. The van der Waals surface area contributed by atoms with Gasteiger partial charge in [0.05, 0.1) is 17.3 Å². The van der Waals surface area contributed by atoms with Gasteiger partial charge in [0.2, 0.25) is 0 Å². The molecule has 4 heteroatoms. The molecule has 1 aliphatic heterocycles. The van der Waals surface area contributed by atoms with Crippen molar-refractivity contribution in [3.05, 3.63) is 120 Å². The van der Waals surface area contributed by atoms with E-state index >= 15 is 0 Å². The summed E-state index contributed by atoms with van der Waals surface area (Å²) in [5.41, 5.74) is 5.16. The molecule has 33 heavy (non-hydrogen) atoms. The first-order valence-corrected chi connectivity index (χ1v) is 11.5. The monoisotopic (exact) mass is 436 g/mol. The van der Waals surface area contributed by atoms with Gasteiger partial charge in [-0.3, -0.25) is 4.79 Å². The van der Waals surface area contributed by atoms with E-state index in [1.54, 1.807) is 6.08 Å². The summed E-state index contributed by atoms with van der Waals surface area (Å²) in [4.78, 5) is 12.8. The third-order valence-electron chi connectivity index (χ3n) is 6.54. The van der Waals surface area contributed by atoms with Crippen LogP contribution in [0.4, 0.5) is 5.69 Å². The maximum absolute atomic E-state index is 12.8. The van der Waals surface area contributed by atoms with E-state index < -0.39 is 0 Å². The number of allylic oxidation sites excluding steroid dienone is 2. The number of carbonyl (C=O) groups excluding carboxylic acids is 1. The van der Waals surface area contributed by atoms with Crippen LogP contribution in [-0.2, 0) is 6.61 Å². The number of amides is 1. The minimum atomic E-state index is -0.0805. The number of hydrogen-bond acceptors (Lipinski definition) is 3. The number of fused-ring (bicyclic) bond motifs is 3. The Labute approximate surface area is 195 Å². The van der Waals surface area contributed by atoms with E-state index in [0.717, 1.165) is 23.4 Å². The fourth-order valence-electron chi connectivity index (χ4n) is 4.91. The summed E-state index contributed by atoms with van der Waals surface area (Å²) in [7, 11) is 0. The van der Waals surface area contributed by atoms with Gasteiger partial charge in [-0.25, -0.2) is 0 Å². The summed E-state index contributed by atoms with van der Waals surface area (Å²) in [6.45, 7) is 4.69. The standard InChI is InChI=1S/C29H28N2O2/c1-2-18-30-29(32)26-13-7-12-25-23-10-6-11-24(23)27(31-28(25)26)21-14-16-22(17-15-21)33-19-20-8-4-3-5-9-20/h2-10,12-17,23-24,27,31H,1,11,18-19H2,(H,30,32). The molecule has 4 nitrogen and oxygen atoms in total. The predicted octanol–water partition coefficient (Wildman–Crippen LogP) is 6.01. The van der Waals surface area contributed by atoms with Crippen molar-refractivity contribution >= 4 is 11.6 Å². The number of ether oxygens (including phenoxy) is 1. The van der Waals surface area contributed by atoms with Crippen LogP contribution in [0.2, 0.25) is 0 Å². The number of benzene rings is 3. The molecule has 1 amide bonds. The fourth-order valence-corrected chi connectivity index (χ4v) is 4.91. The van der Waals surface area contributed by atoms with Gasteiger partial charge in [0, 0.05) is 12.5 Å². The van der Waals surface area contributed by atoms with E-state index in [9.17, 15) is 4.79 Å². The second kappa shape index (κ2) is 9.37. The Morgan fingerprint density at radius 1 is 1.06 bits per heavy atom. The zero-order chi connectivity index (χ0) is 22.6. The van der Waals surface area contributed by atoms with Crippen LogP contribution < -0.4 is 15.4 Å². The maximum atomic E-state index is 12.8. The normalized spacial score (nSPS) is 20.3. The van der Waals surface area contributed by atoms with E-state index in [1.807, 2.05) is 42.5 Å². The first-order chi connectivity index (χ1) is 16.2. The molecule has 0 radical (unpaired) electrons. The van der Waals surface area contributed by atoms with E-state index in [1.165, 1.54) is 11.1 Å². The van der Waals surface area contributed by atoms with Crippen molar-refractivity contribution in [1.29, 1.82) is 0 Å². The molecule has 0 spiro atoms. The zero-order valence-corrected chi connectivity index (χ0v) is 18.5. The Morgan fingerprint density at radius 2 is 1.88 bits per heavy atom. The number of hydrogen-bond donors (Lipinski definition) is 2. The lowest BCUT2D eigenvalue weighted by Gasteiger charge is -2.38. The highest BCUT2D eigenvalue weighted by molar-refractivity contribution is 6.00. The Balaban J connectivity index is 1.39. The van der Waals surface area contributed by atoms with E-state index in [2.05, 4.69) is 59.7 Å². The van der Waals surface area contributed by atoms with Crippen LogP contribution in [-0.4, -0.2) is 12.5 Å². The average molecular weight is 437 g/mol. The van der Waals surface area contributed by atoms with Gasteiger partial charge < -0.3 is 15.4 Å². The van der Waals surface area contributed by atoms with E-state index in [4.69, 9.17) is 4.74 Å². The quantitative estimate of drug-likeness (QED) is 0.446. The largest absolute Gasteiger partial charge is 0.489 e. The van der Waals surface area contributed by atoms with Gasteiger partial charge >= 0.3 is 0 Å². The van der Waals surface area contributed by atoms with Crippen LogP contribution in [0.15, 0.2) is 97.6 Å². The number of rotatable bonds is 7. The van der Waals surface area contributed by atoms with Gasteiger partial charge in [-0.15, -0.1) is 6.58 Å². The summed E-state index contributed by atoms with van der Waals surface area (Å²) in [5.74, 6) is 1.49. The van der Waals surface area contributed by atoms with Crippen molar-refractivity contribution in [3.8, 4) is 5.75 Å². The molecule has 3 aromatic carbocycles. The summed E-state index contributed by atoms with van der Waals surface area (Å²) in [6.07, 6.45) is 7.27. The van der Waals surface area contributed by atoms with Crippen LogP contribution in [0.25, 0.3) is 0 Å². The first-order valence-electron chi connectivity index (χ1n) is 11.5. The molecule has 5 rings (SSSR count). The zero-order valence-electron chi connectivity index (χ0n) is 18.5. The SMILES string of the molecule is C=CCNC(=O)c1cccc2c1NC(c1ccc(OCc3ccccc3)cc1)C1CC=CC21. The highest BCUT2D eigenvalue weighted by Gasteiger charge is 2.39. The molecular formula is C29H28N2O2. The third kappa shape index (κ3) is 4.29. The molecule has 1 aliphatic carbocycles. The average Bonchev–Trinajstić information content (AvgIpc) is 3.36. The first kappa shape index (κ1) is 21.1. The van der Waals surface area contributed by atoms with Crippen molar-refractivity contribution < 1.29 is 9.53 Å². The molecule has 0 aromatic heterocycles. The van der Waals surface area contributed by atoms with E-state index in [0.29, 0.717) is 30.6 Å². The number of anilines is 1.